The van der Waals surface area contributed by atoms with Crippen molar-refractivity contribution >= 4 is 17.7 Å². The highest BCUT2D eigenvalue weighted by atomic mass is 16.2. The molecule has 1 heterocycles. The van der Waals surface area contributed by atoms with E-state index in [2.05, 4.69) is 16.0 Å². The Hall–Kier alpha value is -1.43. The third kappa shape index (κ3) is 2.57. The molecule has 0 radical (unpaired) electrons. The van der Waals surface area contributed by atoms with Gasteiger partial charge in [-0.1, -0.05) is 0 Å². The summed E-state index contributed by atoms with van der Waals surface area (Å²) in [6, 6.07) is -0.731. The molecule has 1 saturated carbocycles. The van der Waals surface area contributed by atoms with Gasteiger partial charge in [-0.3, -0.25) is 25.0 Å². The fourth-order valence-electron chi connectivity index (χ4n) is 1.62. The molecular weight excluding hydrogens is 210 g/mol. The van der Waals surface area contributed by atoms with Crippen LogP contribution in [0.1, 0.15) is 26.2 Å². The Morgan fingerprint density at radius 1 is 1.44 bits per heavy atom. The first-order valence-corrected chi connectivity index (χ1v) is 5.46. The lowest BCUT2D eigenvalue weighted by Gasteiger charge is -2.16. The minimum atomic E-state index is -0.576. The van der Waals surface area contributed by atoms with E-state index >= 15 is 0 Å². The lowest BCUT2D eigenvalue weighted by Crippen LogP contribution is -2.49. The van der Waals surface area contributed by atoms with Gasteiger partial charge in [-0.05, 0) is 19.8 Å². The van der Waals surface area contributed by atoms with E-state index in [1.807, 2.05) is 0 Å². The number of amides is 3. The molecule has 2 unspecified atom stereocenters. The van der Waals surface area contributed by atoms with Crippen LogP contribution in [0, 0.1) is 0 Å². The van der Waals surface area contributed by atoms with Crippen LogP contribution >= 0.6 is 0 Å². The minimum absolute atomic E-state index is 0.111. The second kappa shape index (κ2) is 4.21. The molecule has 0 aromatic heterocycles. The molecule has 1 aliphatic carbocycles. The number of nitrogens with one attached hydrogen (secondary N) is 3. The highest BCUT2D eigenvalue weighted by Gasteiger charge is 2.33. The summed E-state index contributed by atoms with van der Waals surface area (Å²) in [6.45, 7) is 1.69. The first kappa shape index (κ1) is 11.1. The van der Waals surface area contributed by atoms with E-state index in [0.717, 1.165) is 12.8 Å². The summed E-state index contributed by atoms with van der Waals surface area (Å²) >= 11 is 0. The zero-order valence-electron chi connectivity index (χ0n) is 9.08. The highest BCUT2D eigenvalue weighted by Crippen LogP contribution is 2.18. The van der Waals surface area contributed by atoms with E-state index in [9.17, 15) is 14.4 Å². The zero-order chi connectivity index (χ0) is 11.7. The second-order valence-corrected chi connectivity index (χ2v) is 4.34. The third-order valence-corrected chi connectivity index (χ3v) is 2.74. The molecule has 16 heavy (non-hydrogen) atoms. The number of hydrogen-bond donors (Lipinski definition) is 3. The van der Waals surface area contributed by atoms with E-state index in [0.29, 0.717) is 6.04 Å². The van der Waals surface area contributed by atoms with Crippen LogP contribution < -0.4 is 16.0 Å². The Morgan fingerprint density at radius 2 is 2.12 bits per heavy atom. The molecule has 3 N–H and O–H groups in total. The number of carbonyl (C=O) groups is 3. The molecule has 0 bridgehead atoms. The van der Waals surface area contributed by atoms with Gasteiger partial charge in [-0.15, -0.1) is 0 Å². The van der Waals surface area contributed by atoms with Crippen molar-refractivity contribution in [1.82, 2.24) is 16.0 Å². The van der Waals surface area contributed by atoms with Crippen molar-refractivity contribution in [3.8, 4) is 0 Å². The van der Waals surface area contributed by atoms with Gasteiger partial charge < -0.3 is 5.32 Å². The molecule has 0 aromatic carbocycles. The fraction of sp³-hybridized carbons (Fsp3) is 0.700. The van der Waals surface area contributed by atoms with Crippen molar-refractivity contribution < 1.29 is 14.4 Å². The average molecular weight is 225 g/mol. The van der Waals surface area contributed by atoms with Crippen molar-refractivity contribution in [3.63, 3.8) is 0 Å². The van der Waals surface area contributed by atoms with Crippen LogP contribution in [0.25, 0.3) is 0 Å². The third-order valence-electron chi connectivity index (χ3n) is 2.74. The summed E-state index contributed by atoms with van der Waals surface area (Å²) in [5, 5.41) is 7.87. The molecule has 3 amide bonds. The molecule has 1 aliphatic heterocycles. The van der Waals surface area contributed by atoms with E-state index in [4.69, 9.17) is 0 Å². The van der Waals surface area contributed by atoms with Gasteiger partial charge in [0.1, 0.15) is 0 Å². The fourth-order valence-corrected chi connectivity index (χ4v) is 1.62. The van der Waals surface area contributed by atoms with Gasteiger partial charge in [-0.25, -0.2) is 0 Å². The molecule has 2 aliphatic rings. The SMILES string of the molecule is CC(NC1CC(=O)NC1=O)C(=O)NC1CC1. The smallest absolute Gasteiger partial charge is 0.244 e. The monoisotopic (exact) mass is 225 g/mol. The van der Waals surface area contributed by atoms with Crippen molar-refractivity contribution in [2.45, 2.75) is 44.3 Å². The molecule has 2 fully saturated rings. The Balaban J connectivity index is 1.81. The summed E-state index contributed by atoms with van der Waals surface area (Å²) in [5.74, 6) is -0.761. The van der Waals surface area contributed by atoms with Crippen LogP contribution in [0.4, 0.5) is 0 Å². The predicted molar refractivity (Wildman–Crippen MR) is 55.3 cm³/mol. The zero-order valence-corrected chi connectivity index (χ0v) is 9.08. The molecule has 0 aromatic rings. The summed E-state index contributed by atoms with van der Waals surface area (Å²) in [5.41, 5.74) is 0. The highest BCUT2D eigenvalue weighted by molar-refractivity contribution is 6.05. The first-order valence-electron chi connectivity index (χ1n) is 5.46. The van der Waals surface area contributed by atoms with Gasteiger partial charge in [0.05, 0.1) is 18.5 Å². The van der Waals surface area contributed by atoms with E-state index in [1.165, 1.54) is 0 Å². The summed E-state index contributed by atoms with van der Waals surface area (Å²) in [6.07, 6.45) is 2.17. The number of rotatable bonds is 4. The predicted octanol–water partition coefficient (Wildman–Crippen LogP) is -1.34. The van der Waals surface area contributed by atoms with Gasteiger partial charge >= 0.3 is 0 Å². The Labute approximate surface area is 93.1 Å². The van der Waals surface area contributed by atoms with Gasteiger partial charge in [0.2, 0.25) is 17.7 Å². The van der Waals surface area contributed by atoms with Gasteiger partial charge in [0, 0.05) is 6.04 Å². The molecular formula is C10H15N3O3. The first-order chi connectivity index (χ1) is 7.56. The second-order valence-electron chi connectivity index (χ2n) is 4.34. The maximum atomic E-state index is 11.6. The van der Waals surface area contributed by atoms with Crippen LogP contribution in [0.15, 0.2) is 0 Å². The summed E-state index contributed by atoms with van der Waals surface area (Å²) in [4.78, 5) is 33.8. The van der Waals surface area contributed by atoms with Gasteiger partial charge in [0.15, 0.2) is 0 Å². The summed E-state index contributed by atoms with van der Waals surface area (Å²) in [7, 11) is 0. The quantitative estimate of drug-likeness (QED) is 0.517. The Bertz CT molecular complexity index is 338. The van der Waals surface area contributed by atoms with Crippen molar-refractivity contribution in [2.75, 3.05) is 0 Å². The Morgan fingerprint density at radius 3 is 2.62 bits per heavy atom. The number of imide groups is 1. The van der Waals surface area contributed by atoms with Gasteiger partial charge in [0.25, 0.3) is 0 Å². The number of carbonyl (C=O) groups excluding carboxylic acids is 3. The standard InChI is InChI=1S/C10H15N3O3/c1-5(9(15)12-6-2-3-6)11-7-4-8(14)13-10(7)16/h5-7,11H,2-4H2,1H3,(H,12,15)(H,13,14,16). The van der Waals surface area contributed by atoms with E-state index in [1.54, 1.807) is 6.92 Å². The van der Waals surface area contributed by atoms with Crippen LogP contribution in [0.5, 0.6) is 0 Å². The van der Waals surface area contributed by atoms with E-state index in [-0.39, 0.29) is 24.1 Å². The Kier molecular flexibility index (Phi) is 2.91. The lowest BCUT2D eigenvalue weighted by molar-refractivity contribution is -0.125. The van der Waals surface area contributed by atoms with Crippen LogP contribution in [0.2, 0.25) is 0 Å². The average Bonchev–Trinajstić information content (AvgIpc) is 2.94. The molecule has 6 nitrogen and oxygen atoms in total. The van der Waals surface area contributed by atoms with Crippen molar-refractivity contribution in [1.29, 1.82) is 0 Å². The van der Waals surface area contributed by atoms with Crippen LogP contribution in [-0.4, -0.2) is 35.8 Å². The number of hydrogen-bond acceptors (Lipinski definition) is 4. The van der Waals surface area contributed by atoms with Crippen LogP contribution in [-0.2, 0) is 14.4 Å². The molecule has 2 rings (SSSR count). The van der Waals surface area contributed by atoms with Gasteiger partial charge in [-0.2, -0.15) is 0 Å². The van der Waals surface area contributed by atoms with Crippen molar-refractivity contribution in [3.05, 3.63) is 0 Å². The maximum absolute atomic E-state index is 11.6. The molecule has 2 atom stereocenters. The minimum Gasteiger partial charge on any atom is -0.352 e. The molecule has 6 heteroatoms. The normalized spacial score (nSPS) is 26.4. The molecule has 88 valence electrons. The summed E-state index contributed by atoms with van der Waals surface area (Å²) < 4.78 is 0. The topological polar surface area (TPSA) is 87.3 Å². The van der Waals surface area contributed by atoms with Crippen LogP contribution in [0.3, 0.4) is 0 Å². The molecule has 0 spiro atoms. The largest absolute Gasteiger partial charge is 0.352 e. The van der Waals surface area contributed by atoms with E-state index < -0.39 is 12.1 Å². The molecule has 1 saturated heterocycles. The lowest BCUT2D eigenvalue weighted by atomic mass is 10.2. The van der Waals surface area contributed by atoms with Crippen molar-refractivity contribution in [2.24, 2.45) is 0 Å². The maximum Gasteiger partial charge on any atom is 0.244 e.